The standard InChI is InChI=1S/C38H32O2P2.2CHF3O3S.2H2O.Pd/c1-39-33-25-15-27-35(41(29-17-7-3-8-18-29)30-19-9-4-10-20-30)37(33)38-34(40-2)26-16-28-36(38)42(31-21-11-5-12-22-31)32-23-13-6-14-24-32;2*2-1(3,4)8(5,6)7;;;/h3-28H,1-2H3;2*(H,5,6,7);2*1H2;. The SMILES string of the molecule is COc1cccc(P(c2ccccc2)c2ccccc2)c1-c1c(OC)cccc1P(c1ccccc1)c1ccccc1.O.O.O=S(=O)(O)C(F)(F)F.O=S(=O)(O)C(F)(F)F.[Pd]. The normalized spacial score (nSPS) is 11.3. The third-order valence-electron chi connectivity index (χ3n) is 7.82. The Morgan fingerprint density at radius 3 is 0.820 bits per heavy atom. The molecule has 10 nitrogen and oxygen atoms in total. The molecule has 332 valence electrons. The summed E-state index contributed by atoms with van der Waals surface area (Å²) in [6.45, 7) is 0. The minimum atomic E-state index is -5.84. The Morgan fingerprint density at radius 1 is 0.426 bits per heavy atom. The minimum absolute atomic E-state index is 0. The van der Waals surface area contributed by atoms with Crippen molar-refractivity contribution in [1.82, 2.24) is 0 Å². The minimum Gasteiger partial charge on any atom is -0.496 e. The van der Waals surface area contributed by atoms with Crippen LogP contribution in [-0.4, -0.2) is 62.1 Å². The van der Waals surface area contributed by atoms with Gasteiger partial charge in [0, 0.05) is 31.5 Å². The molecule has 0 spiro atoms. The maximum absolute atomic E-state index is 10.7. The molecule has 6 aromatic rings. The van der Waals surface area contributed by atoms with Gasteiger partial charge in [0.1, 0.15) is 11.5 Å². The summed E-state index contributed by atoms with van der Waals surface area (Å²) >= 11 is 0. The number of methoxy groups -OCH3 is 2. The van der Waals surface area contributed by atoms with Crippen LogP contribution in [0.5, 0.6) is 11.5 Å². The Hall–Kier alpha value is -4.24. The van der Waals surface area contributed by atoms with E-state index in [9.17, 15) is 26.3 Å². The van der Waals surface area contributed by atoms with E-state index in [1.54, 1.807) is 14.2 Å². The van der Waals surface area contributed by atoms with E-state index in [0.717, 1.165) is 22.6 Å². The predicted molar refractivity (Wildman–Crippen MR) is 225 cm³/mol. The number of ether oxygens (including phenoxy) is 2. The summed E-state index contributed by atoms with van der Waals surface area (Å²) in [6.07, 6.45) is 0. The zero-order valence-electron chi connectivity index (χ0n) is 31.6. The van der Waals surface area contributed by atoms with Gasteiger partial charge in [-0.15, -0.1) is 0 Å². The van der Waals surface area contributed by atoms with E-state index in [4.69, 9.17) is 35.4 Å². The molecule has 0 saturated carbocycles. The van der Waals surface area contributed by atoms with E-state index < -0.39 is 47.1 Å². The van der Waals surface area contributed by atoms with Gasteiger partial charge in [0.15, 0.2) is 0 Å². The molecular formula is C40H38F6O10P2PdS2. The second-order valence-corrected chi connectivity index (χ2v) is 18.8. The molecule has 6 aromatic carbocycles. The van der Waals surface area contributed by atoms with Crippen LogP contribution in [0.15, 0.2) is 158 Å². The van der Waals surface area contributed by atoms with Gasteiger partial charge in [0.05, 0.1) is 14.2 Å². The van der Waals surface area contributed by atoms with Crippen LogP contribution in [0.3, 0.4) is 0 Å². The molecule has 6 N–H and O–H groups in total. The fourth-order valence-corrected chi connectivity index (χ4v) is 10.4. The predicted octanol–water partition coefficient (Wildman–Crippen LogP) is 6.02. The third-order valence-corrected chi connectivity index (χ3v) is 14.0. The first-order valence-corrected chi connectivity index (χ1v) is 22.1. The quantitative estimate of drug-likeness (QED) is 0.0578. The summed E-state index contributed by atoms with van der Waals surface area (Å²) in [7, 11) is -9.94. The maximum atomic E-state index is 10.7. The Morgan fingerprint density at radius 2 is 0.639 bits per heavy atom. The van der Waals surface area contributed by atoms with E-state index in [1.165, 1.54) is 31.8 Å². The van der Waals surface area contributed by atoms with Crippen LogP contribution >= 0.6 is 15.8 Å². The summed E-state index contributed by atoms with van der Waals surface area (Å²) < 4.78 is 127. The van der Waals surface area contributed by atoms with Crippen LogP contribution in [0, 0.1) is 0 Å². The van der Waals surface area contributed by atoms with E-state index in [2.05, 4.69) is 158 Å². The molecule has 6 rings (SSSR count). The van der Waals surface area contributed by atoms with E-state index in [-0.39, 0.29) is 31.4 Å². The van der Waals surface area contributed by atoms with Gasteiger partial charge < -0.3 is 20.4 Å². The Labute approximate surface area is 364 Å². The molecule has 0 aliphatic rings. The van der Waals surface area contributed by atoms with Crippen LogP contribution in [-0.2, 0) is 40.7 Å². The van der Waals surface area contributed by atoms with Gasteiger partial charge in [-0.2, -0.15) is 43.2 Å². The molecule has 0 saturated heterocycles. The molecule has 0 unspecified atom stereocenters. The Bertz CT molecular complexity index is 2220. The van der Waals surface area contributed by atoms with Crippen LogP contribution in [0.1, 0.15) is 0 Å². The molecule has 0 atom stereocenters. The number of rotatable bonds is 9. The van der Waals surface area contributed by atoms with Crippen molar-refractivity contribution in [1.29, 1.82) is 0 Å². The van der Waals surface area contributed by atoms with Crippen molar-refractivity contribution in [2.45, 2.75) is 11.0 Å². The average Bonchev–Trinajstić information content (AvgIpc) is 3.19. The van der Waals surface area contributed by atoms with E-state index in [1.807, 2.05) is 0 Å². The van der Waals surface area contributed by atoms with E-state index >= 15 is 0 Å². The Balaban J connectivity index is 0.000000835. The van der Waals surface area contributed by atoms with Gasteiger partial charge in [0.25, 0.3) is 0 Å². The molecule has 0 bridgehead atoms. The zero-order valence-corrected chi connectivity index (χ0v) is 36.6. The van der Waals surface area contributed by atoms with Crippen molar-refractivity contribution in [3.05, 3.63) is 158 Å². The maximum Gasteiger partial charge on any atom is 0.522 e. The zero-order chi connectivity index (χ0) is 42.7. The van der Waals surface area contributed by atoms with Crippen molar-refractivity contribution in [3.63, 3.8) is 0 Å². The first kappa shape index (κ1) is 54.8. The second-order valence-electron chi connectivity index (χ2n) is 11.6. The number of alkyl halides is 6. The monoisotopic (exact) mass is 1020 g/mol. The van der Waals surface area contributed by atoms with Crippen LogP contribution in [0.4, 0.5) is 26.3 Å². The van der Waals surface area contributed by atoms with Gasteiger partial charge in [0.2, 0.25) is 0 Å². The van der Waals surface area contributed by atoms with Gasteiger partial charge in [-0.25, -0.2) is 0 Å². The largest absolute Gasteiger partial charge is 0.522 e. The number of benzene rings is 6. The smallest absolute Gasteiger partial charge is 0.496 e. The molecule has 0 aromatic heterocycles. The molecule has 0 amide bonds. The average molecular weight is 1030 g/mol. The second kappa shape index (κ2) is 23.8. The summed E-state index contributed by atoms with van der Waals surface area (Å²) in [5.41, 5.74) is -8.89. The van der Waals surface area contributed by atoms with Crippen molar-refractivity contribution in [2.24, 2.45) is 0 Å². The number of halogens is 6. The summed E-state index contributed by atoms with van der Waals surface area (Å²) in [5.74, 6) is 1.68. The summed E-state index contributed by atoms with van der Waals surface area (Å²) in [6, 6.07) is 56.2. The van der Waals surface area contributed by atoms with Crippen LogP contribution in [0.25, 0.3) is 11.1 Å². The molecular weight excluding hydrogens is 987 g/mol. The van der Waals surface area contributed by atoms with Crippen molar-refractivity contribution >= 4 is 67.9 Å². The molecule has 61 heavy (non-hydrogen) atoms. The summed E-state index contributed by atoms with van der Waals surface area (Å²) in [5, 5.41) is 7.64. The first-order chi connectivity index (χ1) is 27.3. The number of hydrogen-bond donors (Lipinski definition) is 2. The Kier molecular flexibility index (Phi) is 21.4. The fourth-order valence-electron chi connectivity index (χ4n) is 5.42. The van der Waals surface area contributed by atoms with Crippen LogP contribution < -0.4 is 41.3 Å². The van der Waals surface area contributed by atoms with E-state index in [0.29, 0.717) is 0 Å². The van der Waals surface area contributed by atoms with Gasteiger partial charge >= 0.3 is 31.3 Å². The third kappa shape index (κ3) is 14.4. The number of hydrogen-bond acceptors (Lipinski definition) is 6. The molecule has 0 aliphatic carbocycles. The van der Waals surface area contributed by atoms with Crippen molar-refractivity contribution in [2.75, 3.05) is 14.2 Å². The van der Waals surface area contributed by atoms with Crippen molar-refractivity contribution in [3.8, 4) is 22.6 Å². The van der Waals surface area contributed by atoms with Gasteiger partial charge in [-0.3, -0.25) is 9.11 Å². The fraction of sp³-hybridized carbons (Fsp3) is 0.100. The topological polar surface area (TPSA) is 190 Å². The molecule has 0 fully saturated rings. The molecule has 0 radical (unpaired) electrons. The van der Waals surface area contributed by atoms with Gasteiger partial charge in [-0.05, 0) is 59.8 Å². The van der Waals surface area contributed by atoms with Gasteiger partial charge in [-0.1, -0.05) is 146 Å². The first-order valence-electron chi connectivity index (χ1n) is 16.5. The molecule has 0 heterocycles. The van der Waals surface area contributed by atoms with Crippen molar-refractivity contribution < 1.29 is 93.1 Å². The van der Waals surface area contributed by atoms with Crippen LogP contribution in [0.2, 0.25) is 0 Å². The molecule has 0 aliphatic heterocycles. The molecule has 21 heteroatoms. The summed E-state index contributed by atoms with van der Waals surface area (Å²) in [4.78, 5) is 0.